The lowest BCUT2D eigenvalue weighted by Gasteiger charge is -2.02. The van der Waals surface area contributed by atoms with Crippen molar-refractivity contribution in [1.29, 1.82) is 0 Å². The van der Waals surface area contributed by atoms with Crippen molar-refractivity contribution >= 4 is 22.6 Å². The lowest BCUT2D eigenvalue weighted by Crippen LogP contribution is -1.96. The van der Waals surface area contributed by atoms with Gasteiger partial charge in [-0.25, -0.2) is 4.98 Å². The molecule has 3 heteroatoms. The molecule has 0 amide bonds. The fourth-order valence-electron chi connectivity index (χ4n) is 1.64. The van der Waals surface area contributed by atoms with E-state index >= 15 is 0 Å². The van der Waals surface area contributed by atoms with Crippen molar-refractivity contribution in [3.63, 3.8) is 0 Å². The summed E-state index contributed by atoms with van der Waals surface area (Å²) in [7, 11) is 0. The molecule has 2 aromatic rings. The fourth-order valence-corrected chi connectivity index (χ4v) is 1.92. The summed E-state index contributed by atoms with van der Waals surface area (Å²) in [6.07, 6.45) is 0. The first kappa shape index (κ1) is 8.57. The molecule has 1 heterocycles. The minimum Gasteiger partial charge on any atom is -0.327 e. The Morgan fingerprint density at radius 1 is 1.46 bits per heavy atom. The van der Waals surface area contributed by atoms with E-state index in [0.717, 1.165) is 28.4 Å². The molecule has 2 rings (SSSR count). The first-order valence-corrected chi connectivity index (χ1v) is 4.73. The third kappa shape index (κ3) is 1.22. The number of imidazole rings is 1. The van der Waals surface area contributed by atoms with Crippen LogP contribution in [0.4, 0.5) is 0 Å². The van der Waals surface area contributed by atoms with Crippen molar-refractivity contribution in [2.75, 3.05) is 0 Å². The minimum atomic E-state index is 0.778. The Morgan fingerprint density at radius 2 is 2.23 bits per heavy atom. The van der Waals surface area contributed by atoms with Gasteiger partial charge in [-0.3, -0.25) is 0 Å². The number of hydrogen-bond donors (Lipinski definition) is 0. The number of nitrogens with zero attached hydrogens (tertiary/aromatic N) is 2. The highest BCUT2D eigenvalue weighted by molar-refractivity contribution is 6.35. The summed E-state index contributed by atoms with van der Waals surface area (Å²) in [5.41, 5.74) is 2.02. The second kappa shape index (κ2) is 3.04. The molecule has 68 valence electrons. The average molecular weight is 195 g/mol. The zero-order valence-corrected chi connectivity index (χ0v) is 8.47. The highest BCUT2D eigenvalue weighted by Gasteiger charge is 2.07. The second-order valence-electron chi connectivity index (χ2n) is 3.01. The Morgan fingerprint density at radius 3 is 2.92 bits per heavy atom. The molecule has 0 saturated heterocycles. The van der Waals surface area contributed by atoms with Crippen LogP contribution in [0.15, 0.2) is 18.2 Å². The summed E-state index contributed by atoms with van der Waals surface area (Å²) in [4.78, 5) is 4.42. The molecule has 0 spiro atoms. The Kier molecular flexibility index (Phi) is 2.00. The van der Waals surface area contributed by atoms with E-state index in [9.17, 15) is 0 Å². The largest absolute Gasteiger partial charge is 0.327 e. The number of rotatable bonds is 1. The Hall–Kier alpha value is -1.02. The van der Waals surface area contributed by atoms with Crippen LogP contribution in [0.5, 0.6) is 0 Å². The number of para-hydroxylation sites is 1. The molecule has 0 unspecified atom stereocenters. The molecule has 0 atom stereocenters. The molecule has 13 heavy (non-hydrogen) atoms. The highest BCUT2D eigenvalue weighted by Crippen LogP contribution is 2.23. The third-order valence-corrected chi connectivity index (χ3v) is 2.53. The maximum atomic E-state index is 6.09. The molecule has 0 aliphatic rings. The molecule has 0 N–H and O–H groups in total. The van der Waals surface area contributed by atoms with E-state index in [-0.39, 0.29) is 0 Å². The Labute approximate surface area is 82.1 Å². The van der Waals surface area contributed by atoms with Crippen LogP contribution >= 0.6 is 11.6 Å². The van der Waals surface area contributed by atoms with Gasteiger partial charge in [0, 0.05) is 6.54 Å². The third-order valence-electron chi connectivity index (χ3n) is 2.22. The van der Waals surface area contributed by atoms with E-state index in [2.05, 4.69) is 16.5 Å². The van der Waals surface area contributed by atoms with Gasteiger partial charge in [0.1, 0.15) is 5.82 Å². The molecule has 2 nitrogen and oxygen atoms in total. The smallest absolute Gasteiger partial charge is 0.106 e. The average Bonchev–Trinajstić information content (AvgIpc) is 2.42. The van der Waals surface area contributed by atoms with Gasteiger partial charge in [0.2, 0.25) is 0 Å². The SMILES string of the molecule is CCn1c(C)nc2cccc(Cl)c21. The molecule has 0 bridgehead atoms. The summed E-state index contributed by atoms with van der Waals surface area (Å²) in [5, 5.41) is 0.778. The van der Waals surface area contributed by atoms with E-state index < -0.39 is 0 Å². The van der Waals surface area contributed by atoms with Crippen molar-refractivity contribution in [2.45, 2.75) is 20.4 Å². The van der Waals surface area contributed by atoms with E-state index in [0.29, 0.717) is 0 Å². The van der Waals surface area contributed by atoms with Gasteiger partial charge in [-0.2, -0.15) is 0 Å². The Balaban J connectivity index is 2.88. The molecular formula is C10H11ClN2. The zero-order chi connectivity index (χ0) is 9.42. The van der Waals surface area contributed by atoms with Gasteiger partial charge in [0.15, 0.2) is 0 Å². The number of halogens is 1. The van der Waals surface area contributed by atoms with Gasteiger partial charge < -0.3 is 4.57 Å². The van der Waals surface area contributed by atoms with Gasteiger partial charge >= 0.3 is 0 Å². The van der Waals surface area contributed by atoms with Crippen LogP contribution in [-0.2, 0) is 6.54 Å². The lowest BCUT2D eigenvalue weighted by atomic mass is 10.3. The summed E-state index contributed by atoms with van der Waals surface area (Å²) < 4.78 is 2.12. The van der Waals surface area contributed by atoms with Crippen molar-refractivity contribution in [1.82, 2.24) is 9.55 Å². The van der Waals surface area contributed by atoms with Crippen LogP contribution < -0.4 is 0 Å². The van der Waals surface area contributed by atoms with Gasteiger partial charge in [0.25, 0.3) is 0 Å². The second-order valence-corrected chi connectivity index (χ2v) is 3.42. The maximum absolute atomic E-state index is 6.09. The van der Waals surface area contributed by atoms with Gasteiger partial charge in [-0.05, 0) is 26.0 Å². The van der Waals surface area contributed by atoms with E-state index in [1.165, 1.54) is 0 Å². The number of fused-ring (bicyclic) bond motifs is 1. The number of benzene rings is 1. The highest BCUT2D eigenvalue weighted by atomic mass is 35.5. The number of hydrogen-bond acceptors (Lipinski definition) is 1. The summed E-state index contributed by atoms with van der Waals surface area (Å²) in [5.74, 6) is 1.02. The summed E-state index contributed by atoms with van der Waals surface area (Å²) in [6.45, 7) is 5.00. The normalized spacial score (nSPS) is 11.0. The minimum absolute atomic E-state index is 0.778. The lowest BCUT2D eigenvalue weighted by molar-refractivity contribution is 0.753. The van der Waals surface area contributed by atoms with Crippen molar-refractivity contribution in [3.8, 4) is 0 Å². The van der Waals surface area contributed by atoms with Crippen LogP contribution in [0.2, 0.25) is 5.02 Å². The van der Waals surface area contributed by atoms with Crippen LogP contribution in [0, 0.1) is 6.92 Å². The monoisotopic (exact) mass is 194 g/mol. The van der Waals surface area contributed by atoms with Gasteiger partial charge in [0.05, 0.1) is 16.1 Å². The molecule has 1 aromatic carbocycles. The molecule has 0 fully saturated rings. The van der Waals surface area contributed by atoms with Gasteiger partial charge in [-0.1, -0.05) is 17.7 Å². The standard InChI is InChI=1S/C10H11ClN2/c1-3-13-7(2)12-9-6-4-5-8(11)10(9)13/h4-6H,3H2,1-2H3. The molecule has 0 aliphatic heterocycles. The molecular weight excluding hydrogens is 184 g/mol. The number of aromatic nitrogens is 2. The van der Waals surface area contributed by atoms with Crippen LogP contribution in [0.25, 0.3) is 11.0 Å². The van der Waals surface area contributed by atoms with Crippen molar-refractivity contribution < 1.29 is 0 Å². The topological polar surface area (TPSA) is 17.8 Å². The quantitative estimate of drug-likeness (QED) is 0.683. The summed E-state index contributed by atoms with van der Waals surface area (Å²) in [6, 6.07) is 5.81. The number of aryl methyl sites for hydroxylation is 2. The predicted octanol–water partition coefficient (Wildman–Crippen LogP) is 3.02. The predicted molar refractivity (Wildman–Crippen MR) is 55.2 cm³/mol. The van der Waals surface area contributed by atoms with Crippen molar-refractivity contribution in [2.24, 2.45) is 0 Å². The van der Waals surface area contributed by atoms with Gasteiger partial charge in [-0.15, -0.1) is 0 Å². The van der Waals surface area contributed by atoms with Crippen molar-refractivity contribution in [3.05, 3.63) is 29.0 Å². The van der Waals surface area contributed by atoms with Crippen LogP contribution in [0.1, 0.15) is 12.7 Å². The first-order valence-electron chi connectivity index (χ1n) is 4.35. The molecule has 0 radical (unpaired) electrons. The Bertz CT molecular complexity index is 445. The van der Waals surface area contributed by atoms with E-state index in [4.69, 9.17) is 11.6 Å². The van der Waals surface area contributed by atoms with Crippen LogP contribution in [-0.4, -0.2) is 9.55 Å². The maximum Gasteiger partial charge on any atom is 0.106 e. The van der Waals surface area contributed by atoms with E-state index in [1.54, 1.807) is 0 Å². The van der Waals surface area contributed by atoms with E-state index in [1.807, 2.05) is 25.1 Å². The first-order chi connectivity index (χ1) is 6.24. The molecule has 0 saturated carbocycles. The molecule has 1 aromatic heterocycles. The zero-order valence-electron chi connectivity index (χ0n) is 7.71. The molecule has 0 aliphatic carbocycles. The van der Waals surface area contributed by atoms with Crippen LogP contribution in [0.3, 0.4) is 0 Å². The summed E-state index contributed by atoms with van der Waals surface area (Å²) >= 11 is 6.09. The fraction of sp³-hybridized carbons (Fsp3) is 0.300.